The van der Waals surface area contributed by atoms with Gasteiger partial charge in [0.25, 0.3) is 0 Å². The van der Waals surface area contributed by atoms with Gasteiger partial charge in [0.1, 0.15) is 0 Å². The molecule has 1 saturated heterocycles. The van der Waals surface area contributed by atoms with Gasteiger partial charge in [-0.05, 0) is 31.2 Å². The van der Waals surface area contributed by atoms with Crippen molar-refractivity contribution in [3.05, 3.63) is 35.4 Å². The lowest BCUT2D eigenvalue weighted by Crippen LogP contribution is -2.51. The van der Waals surface area contributed by atoms with Crippen molar-refractivity contribution in [1.29, 1.82) is 0 Å². The Bertz CT molecular complexity index is 514. The van der Waals surface area contributed by atoms with Gasteiger partial charge in [-0.25, -0.2) is 0 Å². The van der Waals surface area contributed by atoms with E-state index in [1.165, 1.54) is 5.56 Å². The predicted molar refractivity (Wildman–Crippen MR) is 84.7 cm³/mol. The van der Waals surface area contributed by atoms with Gasteiger partial charge in [-0.15, -0.1) is 0 Å². The van der Waals surface area contributed by atoms with Crippen molar-refractivity contribution in [2.75, 3.05) is 26.9 Å². The van der Waals surface area contributed by atoms with Crippen molar-refractivity contribution in [3.63, 3.8) is 0 Å². The molecule has 4 heteroatoms. The van der Waals surface area contributed by atoms with E-state index in [0.29, 0.717) is 25.5 Å². The third-order valence-corrected chi connectivity index (χ3v) is 4.83. The zero-order valence-electron chi connectivity index (χ0n) is 13.5. The molecule has 1 aromatic carbocycles. The fraction of sp³-hybridized carbons (Fsp3) is 0.611. The van der Waals surface area contributed by atoms with E-state index >= 15 is 0 Å². The van der Waals surface area contributed by atoms with Crippen molar-refractivity contribution in [2.45, 2.75) is 38.3 Å². The van der Waals surface area contributed by atoms with Gasteiger partial charge in [0.15, 0.2) is 0 Å². The summed E-state index contributed by atoms with van der Waals surface area (Å²) in [4.78, 5) is 14.7. The highest BCUT2D eigenvalue weighted by molar-refractivity contribution is 5.79. The van der Waals surface area contributed by atoms with Gasteiger partial charge in [-0.2, -0.15) is 0 Å². The quantitative estimate of drug-likeness (QED) is 0.856. The third-order valence-electron chi connectivity index (χ3n) is 4.83. The van der Waals surface area contributed by atoms with Crippen LogP contribution >= 0.6 is 0 Å². The van der Waals surface area contributed by atoms with Crippen LogP contribution in [0.25, 0.3) is 0 Å². The van der Waals surface area contributed by atoms with Gasteiger partial charge in [0.05, 0.1) is 25.2 Å². The number of ether oxygens (including phenoxy) is 2. The summed E-state index contributed by atoms with van der Waals surface area (Å²) >= 11 is 0. The van der Waals surface area contributed by atoms with E-state index in [-0.39, 0.29) is 18.1 Å². The minimum absolute atomic E-state index is 0.191. The first-order chi connectivity index (χ1) is 10.7. The first-order valence-corrected chi connectivity index (χ1v) is 8.13. The van der Waals surface area contributed by atoms with Gasteiger partial charge in [0.2, 0.25) is 5.91 Å². The minimum Gasteiger partial charge on any atom is -0.384 e. The standard InChI is InChI=1S/C18H25NO3/c1-13-3-5-14(6-4-13)11-18(20)19-7-8-22-17-10-15(12-21-2)9-16(17)19/h3-6,15-17H,7-12H2,1-2H3. The molecule has 2 aliphatic rings. The molecule has 3 unspecified atom stereocenters. The van der Waals surface area contributed by atoms with E-state index < -0.39 is 0 Å². The van der Waals surface area contributed by atoms with Crippen LogP contribution in [0.5, 0.6) is 0 Å². The van der Waals surface area contributed by atoms with Crippen LogP contribution in [0, 0.1) is 12.8 Å². The summed E-state index contributed by atoms with van der Waals surface area (Å²) < 4.78 is 11.2. The highest BCUT2D eigenvalue weighted by Crippen LogP contribution is 2.34. The summed E-state index contributed by atoms with van der Waals surface area (Å²) in [6.45, 7) is 4.19. The molecular weight excluding hydrogens is 278 g/mol. The van der Waals surface area contributed by atoms with E-state index in [9.17, 15) is 4.79 Å². The van der Waals surface area contributed by atoms with Crippen molar-refractivity contribution in [3.8, 4) is 0 Å². The number of methoxy groups -OCH3 is 1. The number of carbonyl (C=O) groups is 1. The summed E-state index contributed by atoms with van der Waals surface area (Å²) in [5.74, 6) is 0.730. The van der Waals surface area contributed by atoms with E-state index in [2.05, 4.69) is 19.1 Å². The average Bonchev–Trinajstić information content (AvgIpc) is 2.92. The summed E-state index contributed by atoms with van der Waals surface area (Å²) in [6, 6.07) is 8.46. The van der Waals surface area contributed by atoms with Crippen molar-refractivity contribution < 1.29 is 14.3 Å². The third kappa shape index (κ3) is 3.33. The Kier molecular flexibility index (Phi) is 4.79. The Labute approximate surface area is 132 Å². The number of aryl methyl sites for hydroxylation is 1. The lowest BCUT2D eigenvalue weighted by atomic mass is 10.1. The Balaban J connectivity index is 1.65. The van der Waals surface area contributed by atoms with Gasteiger partial charge in [0, 0.05) is 20.3 Å². The topological polar surface area (TPSA) is 38.8 Å². The molecule has 0 aromatic heterocycles. The highest BCUT2D eigenvalue weighted by atomic mass is 16.5. The number of morpholine rings is 1. The van der Waals surface area contributed by atoms with Crippen molar-refractivity contribution in [1.82, 2.24) is 4.90 Å². The Morgan fingerprint density at radius 2 is 2.09 bits per heavy atom. The maximum atomic E-state index is 12.7. The molecule has 1 amide bonds. The van der Waals surface area contributed by atoms with Gasteiger partial charge < -0.3 is 14.4 Å². The van der Waals surface area contributed by atoms with E-state index in [0.717, 1.165) is 25.0 Å². The number of benzene rings is 1. The zero-order valence-corrected chi connectivity index (χ0v) is 13.5. The summed E-state index contributed by atoms with van der Waals surface area (Å²) in [6.07, 6.45) is 2.68. The first kappa shape index (κ1) is 15.5. The zero-order chi connectivity index (χ0) is 15.5. The minimum atomic E-state index is 0.191. The SMILES string of the molecule is COCC1CC2OCCN(C(=O)Cc3ccc(C)cc3)C2C1. The molecule has 1 aliphatic carbocycles. The number of carbonyl (C=O) groups excluding carboxylic acids is 1. The normalized spacial score (nSPS) is 27.7. The average molecular weight is 303 g/mol. The van der Waals surface area contributed by atoms with Crippen molar-refractivity contribution in [2.24, 2.45) is 5.92 Å². The number of rotatable bonds is 4. The number of fused-ring (bicyclic) bond motifs is 1. The van der Waals surface area contributed by atoms with Crippen LogP contribution < -0.4 is 0 Å². The van der Waals surface area contributed by atoms with E-state index in [1.54, 1.807) is 7.11 Å². The molecule has 0 bridgehead atoms. The highest BCUT2D eigenvalue weighted by Gasteiger charge is 2.42. The molecule has 1 saturated carbocycles. The lowest BCUT2D eigenvalue weighted by molar-refractivity contribution is -0.143. The maximum absolute atomic E-state index is 12.7. The van der Waals surface area contributed by atoms with Crippen LogP contribution in [0.2, 0.25) is 0 Å². The summed E-state index contributed by atoms with van der Waals surface area (Å²) in [7, 11) is 1.74. The Morgan fingerprint density at radius 3 is 2.82 bits per heavy atom. The second-order valence-corrected chi connectivity index (χ2v) is 6.52. The van der Waals surface area contributed by atoms with Crippen LogP contribution in [-0.4, -0.2) is 49.8 Å². The molecule has 120 valence electrons. The van der Waals surface area contributed by atoms with Gasteiger partial charge in [-0.1, -0.05) is 29.8 Å². The molecular formula is C18H25NO3. The smallest absolute Gasteiger partial charge is 0.227 e. The number of hydrogen-bond acceptors (Lipinski definition) is 3. The molecule has 0 N–H and O–H groups in total. The Morgan fingerprint density at radius 1 is 1.32 bits per heavy atom. The van der Waals surface area contributed by atoms with Crippen molar-refractivity contribution >= 4 is 5.91 Å². The molecule has 22 heavy (non-hydrogen) atoms. The summed E-state index contributed by atoms with van der Waals surface area (Å²) in [5, 5.41) is 0. The predicted octanol–water partition coefficient (Wildman–Crippen LogP) is 2.19. The molecule has 0 radical (unpaired) electrons. The van der Waals surface area contributed by atoms with E-state index in [1.807, 2.05) is 17.0 Å². The van der Waals surface area contributed by atoms with Crippen LogP contribution in [0.1, 0.15) is 24.0 Å². The monoisotopic (exact) mass is 303 g/mol. The second kappa shape index (κ2) is 6.80. The van der Waals surface area contributed by atoms with Crippen LogP contribution in [-0.2, 0) is 20.7 Å². The summed E-state index contributed by atoms with van der Waals surface area (Å²) in [5.41, 5.74) is 2.31. The first-order valence-electron chi connectivity index (χ1n) is 8.13. The second-order valence-electron chi connectivity index (χ2n) is 6.52. The lowest BCUT2D eigenvalue weighted by Gasteiger charge is -2.37. The van der Waals surface area contributed by atoms with Crippen LogP contribution in [0.15, 0.2) is 24.3 Å². The molecule has 1 heterocycles. The van der Waals surface area contributed by atoms with Gasteiger partial charge in [-0.3, -0.25) is 4.79 Å². The molecule has 3 rings (SSSR count). The number of amides is 1. The molecule has 3 atom stereocenters. The van der Waals surface area contributed by atoms with Crippen LogP contribution in [0.4, 0.5) is 0 Å². The number of nitrogens with zero attached hydrogens (tertiary/aromatic N) is 1. The van der Waals surface area contributed by atoms with Crippen LogP contribution in [0.3, 0.4) is 0 Å². The fourth-order valence-corrected chi connectivity index (χ4v) is 3.71. The molecule has 1 aromatic rings. The van der Waals surface area contributed by atoms with Gasteiger partial charge >= 0.3 is 0 Å². The molecule has 2 fully saturated rings. The molecule has 0 spiro atoms. The number of hydrogen-bond donors (Lipinski definition) is 0. The fourth-order valence-electron chi connectivity index (χ4n) is 3.71. The largest absolute Gasteiger partial charge is 0.384 e. The Hall–Kier alpha value is -1.39. The molecule has 1 aliphatic heterocycles. The van der Waals surface area contributed by atoms with E-state index in [4.69, 9.17) is 9.47 Å². The molecule has 4 nitrogen and oxygen atoms in total. The maximum Gasteiger partial charge on any atom is 0.227 e.